The van der Waals surface area contributed by atoms with Gasteiger partial charge in [0.25, 0.3) is 0 Å². The van der Waals surface area contributed by atoms with E-state index >= 15 is 0 Å². The van der Waals surface area contributed by atoms with Crippen LogP contribution in [0, 0.1) is 11.6 Å². The minimum Gasteiger partial charge on any atom is -0.465 e. The van der Waals surface area contributed by atoms with E-state index in [0.717, 1.165) is 21.8 Å². The normalized spacial score (nSPS) is 10.4. The highest BCUT2D eigenvalue weighted by atomic mass is 79.9. The van der Waals surface area contributed by atoms with E-state index in [1.54, 1.807) is 0 Å². The number of ether oxygens (including phenoxy) is 1. The molecule has 0 atom stereocenters. The molecule has 0 saturated carbocycles. The molecule has 0 aliphatic heterocycles. The summed E-state index contributed by atoms with van der Waals surface area (Å²) in [7, 11) is 2.61. The van der Waals surface area contributed by atoms with Crippen LogP contribution in [0.25, 0.3) is 0 Å². The van der Waals surface area contributed by atoms with Gasteiger partial charge in [-0.2, -0.15) is 0 Å². The number of esters is 1. The average Bonchev–Trinajstić information content (AvgIpc) is 2.94. The van der Waals surface area contributed by atoms with Gasteiger partial charge in [0, 0.05) is 18.0 Å². The molecule has 1 N–H and O–H groups in total. The average molecular weight is 419 g/mol. The van der Waals surface area contributed by atoms with Crippen molar-refractivity contribution >= 4 is 45.0 Å². The lowest BCUT2D eigenvalue weighted by Crippen LogP contribution is -2.31. The van der Waals surface area contributed by atoms with Gasteiger partial charge >= 0.3 is 12.0 Å². The minimum absolute atomic E-state index is 0.305. The Balaban J connectivity index is 2.14. The van der Waals surface area contributed by atoms with Gasteiger partial charge in [0.15, 0.2) is 0 Å². The number of carbonyl (C=O) groups excluding carboxylic acids is 2. The Morgan fingerprint density at radius 2 is 2.00 bits per heavy atom. The van der Waals surface area contributed by atoms with Gasteiger partial charge in [0.2, 0.25) is 0 Å². The Hall–Kier alpha value is -2.00. The number of carbonyl (C=O) groups is 2. The monoisotopic (exact) mass is 418 g/mol. The van der Waals surface area contributed by atoms with Crippen LogP contribution in [0.2, 0.25) is 0 Å². The molecule has 0 fully saturated rings. The number of urea groups is 1. The van der Waals surface area contributed by atoms with E-state index < -0.39 is 29.2 Å². The number of nitrogens with one attached hydrogen (secondary N) is 1. The first-order chi connectivity index (χ1) is 11.3. The van der Waals surface area contributed by atoms with E-state index in [2.05, 4.69) is 26.0 Å². The summed E-state index contributed by atoms with van der Waals surface area (Å²) in [6, 6.07) is 4.55. The quantitative estimate of drug-likeness (QED) is 0.755. The molecule has 0 unspecified atom stereocenters. The van der Waals surface area contributed by atoms with E-state index in [1.807, 2.05) is 12.1 Å². The van der Waals surface area contributed by atoms with Gasteiger partial charge in [-0.3, -0.25) is 0 Å². The van der Waals surface area contributed by atoms with Gasteiger partial charge in [-0.1, -0.05) is 0 Å². The van der Waals surface area contributed by atoms with Crippen LogP contribution in [-0.2, 0) is 11.3 Å². The van der Waals surface area contributed by atoms with Gasteiger partial charge < -0.3 is 15.0 Å². The summed E-state index contributed by atoms with van der Waals surface area (Å²) >= 11 is 4.79. The highest BCUT2D eigenvalue weighted by Gasteiger charge is 2.19. The van der Waals surface area contributed by atoms with Crippen molar-refractivity contribution < 1.29 is 23.1 Å². The van der Waals surface area contributed by atoms with Gasteiger partial charge in [0.1, 0.15) is 11.6 Å². The Bertz CT molecular complexity index is 782. The second-order valence-electron chi connectivity index (χ2n) is 4.80. The van der Waals surface area contributed by atoms with Crippen LogP contribution >= 0.6 is 27.3 Å². The maximum absolute atomic E-state index is 13.8. The van der Waals surface area contributed by atoms with Crippen LogP contribution in [0.4, 0.5) is 19.3 Å². The van der Waals surface area contributed by atoms with E-state index in [9.17, 15) is 18.4 Å². The van der Waals surface area contributed by atoms with Crippen LogP contribution in [0.3, 0.4) is 0 Å². The van der Waals surface area contributed by atoms with Crippen molar-refractivity contribution in [3.63, 3.8) is 0 Å². The fourth-order valence-corrected chi connectivity index (χ4v) is 3.40. The summed E-state index contributed by atoms with van der Waals surface area (Å²) in [6.45, 7) is 0.314. The number of hydrogen-bond acceptors (Lipinski definition) is 4. The summed E-state index contributed by atoms with van der Waals surface area (Å²) in [5, 5.41) is 2.31. The number of thiophene rings is 1. The van der Waals surface area contributed by atoms with Crippen molar-refractivity contribution in [1.29, 1.82) is 0 Å². The molecule has 0 radical (unpaired) electrons. The molecule has 0 aliphatic rings. The van der Waals surface area contributed by atoms with E-state index in [-0.39, 0.29) is 5.69 Å². The molecule has 1 aromatic heterocycles. The Kier molecular flexibility index (Phi) is 5.89. The van der Waals surface area contributed by atoms with Crippen LogP contribution in [0.5, 0.6) is 0 Å². The molecule has 2 aromatic rings. The van der Waals surface area contributed by atoms with Crippen LogP contribution < -0.4 is 5.32 Å². The number of nitrogens with zero attached hydrogens (tertiary/aromatic N) is 1. The topological polar surface area (TPSA) is 58.6 Å². The molecule has 0 saturated heterocycles. The lowest BCUT2D eigenvalue weighted by molar-refractivity contribution is 0.0595. The summed E-state index contributed by atoms with van der Waals surface area (Å²) in [4.78, 5) is 25.9. The fourth-order valence-electron chi connectivity index (χ4n) is 1.86. The highest BCUT2D eigenvalue weighted by molar-refractivity contribution is 9.11. The predicted octanol–water partition coefficient (Wildman–Crippen LogP) is 4.24. The number of methoxy groups -OCH3 is 1. The first kappa shape index (κ1) is 18.3. The number of rotatable bonds is 4. The van der Waals surface area contributed by atoms with Crippen LogP contribution in [0.15, 0.2) is 28.1 Å². The molecule has 2 rings (SSSR count). The summed E-state index contributed by atoms with van der Waals surface area (Å²) in [6.07, 6.45) is 0. The van der Waals surface area contributed by atoms with Gasteiger partial charge in [-0.25, -0.2) is 18.4 Å². The molecule has 1 heterocycles. The molecular weight excluding hydrogens is 406 g/mol. The first-order valence-electron chi connectivity index (χ1n) is 6.65. The molecule has 0 bridgehead atoms. The van der Waals surface area contributed by atoms with Crippen LogP contribution in [-0.4, -0.2) is 31.1 Å². The number of amides is 2. The third-order valence-corrected chi connectivity index (χ3v) is 4.68. The lowest BCUT2D eigenvalue weighted by Gasteiger charge is -2.17. The number of anilines is 1. The Labute approximate surface area is 149 Å². The highest BCUT2D eigenvalue weighted by Crippen LogP contribution is 2.24. The maximum atomic E-state index is 13.8. The van der Waals surface area contributed by atoms with Gasteiger partial charge in [-0.15, -0.1) is 11.3 Å². The largest absolute Gasteiger partial charge is 0.465 e. The second kappa shape index (κ2) is 7.71. The van der Waals surface area contributed by atoms with E-state index in [1.165, 1.54) is 23.3 Å². The van der Waals surface area contributed by atoms with E-state index in [4.69, 9.17) is 0 Å². The molecule has 2 amide bonds. The summed E-state index contributed by atoms with van der Waals surface area (Å²) in [5.74, 6) is -3.00. The fraction of sp³-hybridized carbons (Fsp3) is 0.200. The molecule has 0 spiro atoms. The molecule has 1 aromatic carbocycles. The number of halogens is 3. The van der Waals surface area contributed by atoms with Crippen molar-refractivity contribution in [3.05, 3.63) is 50.1 Å². The third-order valence-electron chi connectivity index (χ3n) is 3.07. The first-order valence-corrected chi connectivity index (χ1v) is 8.26. The van der Waals surface area contributed by atoms with Crippen molar-refractivity contribution in [2.75, 3.05) is 19.5 Å². The summed E-state index contributed by atoms with van der Waals surface area (Å²) in [5.41, 5.74) is -0.764. The molecule has 5 nitrogen and oxygen atoms in total. The zero-order valence-electron chi connectivity index (χ0n) is 12.7. The van der Waals surface area contributed by atoms with Gasteiger partial charge in [-0.05, 0) is 34.1 Å². The maximum Gasteiger partial charge on any atom is 0.340 e. The van der Waals surface area contributed by atoms with Crippen molar-refractivity contribution in [1.82, 2.24) is 4.90 Å². The van der Waals surface area contributed by atoms with Gasteiger partial charge in [0.05, 0.1) is 28.7 Å². The predicted molar refractivity (Wildman–Crippen MR) is 90.2 cm³/mol. The zero-order valence-corrected chi connectivity index (χ0v) is 15.1. The Morgan fingerprint density at radius 1 is 1.29 bits per heavy atom. The van der Waals surface area contributed by atoms with Crippen molar-refractivity contribution in [2.45, 2.75) is 6.54 Å². The van der Waals surface area contributed by atoms with Crippen LogP contribution in [0.1, 0.15) is 15.2 Å². The third kappa shape index (κ3) is 4.30. The molecular formula is C15H13BrF2N2O3S. The molecule has 9 heteroatoms. The smallest absolute Gasteiger partial charge is 0.340 e. The lowest BCUT2D eigenvalue weighted by atomic mass is 10.2. The molecule has 128 valence electrons. The van der Waals surface area contributed by atoms with Crippen molar-refractivity contribution in [2.24, 2.45) is 0 Å². The number of hydrogen-bond donors (Lipinski definition) is 1. The SMILES string of the molecule is COC(=O)c1cc(NC(=O)N(C)Cc2ccc(Br)s2)c(F)cc1F. The second-order valence-corrected chi connectivity index (χ2v) is 7.34. The zero-order chi connectivity index (χ0) is 17.9. The number of benzene rings is 1. The minimum atomic E-state index is -1.06. The Morgan fingerprint density at radius 3 is 2.58 bits per heavy atom. The van der Waals surface area contributed by atoms with E-state index in [0.29, 0.717) is 12.6 Å². The molecule has 24 heavy (non-hydrogen) atoms. The summed E-state index contributed by atoms with van der Waals surface area (Å²) < 4.78 is 32.8. The standard InChI is InChI=1S/C15H13BrF2N2O3S/c1-20(7-8-3-4-13(16)24-8)15(22)19-12-5-9(14(21)23-2)10(17)6-11(12)18/h3-6H,7H2,1-2H3,(H,19,22). The van der Waals surface area contributed by atoms with Crippen molar-refractivity contribution in [3.8, 4) is 0 Å². The molecule has 0 aliphatic carbocycles.